The minimum Gasteiger partial charge on any atom is -0.480 e. The monoisotopic (exact) mass is 220 g/mol. The lowest BCUT2D eigenvalue weighted by Crippen LogP contribution is -2.08. The van der Waals surface area contributed by atoms with Crippen molar-refractivity contribution in [2.24, 2.45) is 0 Å². The van der Waals surface area contributed by atoms with Crippen molar-refractivity contribution < 1.29 is 14.8 Å². The van der Waals surface area contributed by atoms with Gasteiger partial charge in [0.15, 0.2) is 0 Å². The molecule has 0 aliphatic carbocycles. The maximum atomic E-state index is 10.8. The van der Waals surface area contributed by atoms with Crippen molar-refractivity contribution >= 4 is 22.6 Å². The Morgan fingerprint density at radius 3 is 2.81 bits per heavy atom. The second-order valence-electron chi connectivity index (χ2n) is 3.31. The number of fused-ring (bicyclic) bond motifs is 1. The third-order valence-electron chi connectivity index (χ3n) is 2.27. The van der Waals surface area contributed by atoms with E-state index in [0.717, 1.165) is 0 Å². The molecule has 0 unspecified atom stereocenters. The van der Waals surface area contributed by atoms with Crippen LogP contribution in [-0.4, -0.2) is 20.6 Å². The van der Waals surface area contributed by atoms with Crippen LogP contribution in [0.1, 0.15) is 0 Å². The summed E-state index contributed by atoms with van der Waals surface area (Å²) in [5, 5.41) is 20.1. The number of hydrogen-bond acceptors (Lipinski definition) is 3. The van der Waals surface area contributed by atoms with Crippen LogP contribution in [0, 0.1) is 10.1 Å². The van der Waals surface area contributed by atoms with Gasteiger partial charge in [-0.25, -0.2) is 0 Å². The summed E-state index contributed by atoms with van der Waals surface area (Å²) in [6.45, 7) is -0.283. The van der Waals surface area contributed by atoms with E-state index < -0.39 is 10.9 Å². The zero-order chi connectivity index (χ0) is 11.7. The first-order valence-corrected chi connectivity index (χ1v) is 4.53. The van der Waals surface area contributed by atoms with Gasteiger partial charge in [-0.2, -0.15) is 0 Å². The zero-order valence-corrected chi connectivity index (χ0v) is 8.16. The first-order chi connectivity index (χ1) is 7.59. The van der Waals surface area contributed by atoms with Gasteiger partial charge in [0.1, 0.15) is 12.1 Å². The number of carboxylic acids is 1. The number of rotatable bonds is 3. The van der Waals surface area contributed by atoms with Crippen molar-refractivity contribution in [1.29, 1.82) is 0 Å². The Morgan fingerprint density at radius 1 is 1.44 bits per heavy atom. The number of nitrogens with zero attached hydrogens (tertiary/aromatic N) is 2. The van der Waals surface area contributed by atoms with E-state index in [1.807, 2.05) is 0 Å². The molecule has 6 nitrogen and oxygen atoms in total. The molecule has 0 radical (unpaired) electrons. The Balaban J connectivity index is 2.67. The minimum atomic E-state index is -1.03. The molecule has 2 rings (SSSR count). The van der Waals surface area contributed by atoms with Gasteiger partial charge in [-0.1, -0.05) is 12.1 Å². The number of carboxylic acid groups (broad SMARTS) is 1. The lowest BCUT2D eigenvalue weighted by Gasteiger charge is -2.01. The van der Waals surface area contributed by atoms with Gasteiger partial charge in [0.25, 0.3) is 5.69 Å². The number of nitro groups is 1. The maximum Gasteiger partial charge on any atom is 0.323 e. The van der Waals surface area contributed by atoms with Crippen LogP contribution < -0.4 is 0 Å². The molecule has 0 spiro atoms. The van der Waals surface area contributed by atoms with Crippen LogP contribution in [0.25, 0.3) is 10.9 Å². The molecule has 0 saturated heterocycles. The molecule has 0 amide bonds. The standard InChI is InChI=1S/C10H8N2O4/c13-9(14)6-11-5-4-7-2-1-3-8(10(7)11)12(15)16/h1-5H,6H2,(H,13,14). The quantitative estimate of drug-likeness (QED) is 0.629. The van der Waals surface area contributed by atoms with Crippen LogP contribution in [0.4, 0.5) is 5.69 Å². The molecular formula is C10H8N2O4. The first-order valence-electron chi connectivity index (χ1n) is 4.53. The molecule has 2 aromatic rings. The van der Waals surface area contributed by atoms with Gasteiger partial charge in [0.2, 0.25) is 0 Å². The Hall–Kier alpha value is -2.37. The van der Waals surface area contributed by atoms with Crippen molar-refractivity contribution in [3.8, 4) is 0 Å². The van der Waals surface area contributed by atoms with Crippen LogP contribution in [0.3, 0.4) is 0 Å². The Bertz CT molecular complexity index is 573. The number of aromatic nitrogens is 1. The molecule has 0 bridgehead atoms. The van der Waals surface area contributed by atoms with Crippen LogP contribution in [0.15, 0.2) is 30.5 Å². The number of benzene rings is 1. The van der Waals surface area contributed by atoms with E-state index >= 15 is 0 Å². The highest BCUT2D eigenvalue weighted by molar-refractivity contribution is 5.89. The van der Waals surface area contributed by atoms with E-state index in [2.05, 4.69) is 0 Å². The number of hydrogen-bond donors (Lipinski definition) is 1. The van der Waals surface area contributed by atoms with Crippen LogP contribution in [0.5, 0.6) is 0 Å². The fourth-order valence-electron chi connectivity index (χ4n) is 1.67. The third-order valence-corrected chi connectivity index (χ3v) is 2.27. The van der Waals surface area contributed by atoms with Crippen molar-refractivity contribution in [2.75, 3.05) is 0 Å². The van der Waals surface area contributed by atoms with Crippen LogP contribution in [-0.2, 0) is 11.3 Å². The van der Waals surface area contributed by atoms with E-state index in [1.54, 1.807) is 18.2 Å². The number of nitro benzene ring substituents is 1. The second-order valence-corrected chi connectivity index (χ2v) is 3.31. The smallest absolute Gasteiger partial charge is 0.323 e. The SMILES string of the molecule is O=C(O)Cn1ccc2cccc([N+](=O)[O-])c21. The molecule has 16 heavy (non-hydrogen) atoms. The van der Waals surface area contributed by atoms with Gasteiger partial charge >= 0.3 is 5.97 Å². The molecule has 82 valence electrons. The molecule has 1 aromatic carbocycles. The van der Waals surface area contributed by atoms with Crippen molar-refractivity contribution in [1.82, 2.24) is 4.57 Å². The van der Waals surface area contributed by atoms with E-state index in [4.69, 9.17) is 5.11 Å². The summed E-state index contributed by atoms with van der Waals surface area (Å²) in [7, 11) is 0. The van der Waals surface area contributed by atoms with Gasteiger partial charge in [-0.05, 0) is 6.07 Å². The highest BCUT2D eigenvalue weighted by atomic mass is 16.6. The summed E-state index contributed by atoms with van der Waals surface area (Å²) in [6.07, 6.45) is 1.53. The fraction of sp³-hybridized carbons (Fsp3) is 0.100. The summed E-state index contributed by atoms with van der Waals surface area (Å²) < 4.78 is 1.36. The Labute approximate surface area is 89.9 Å². The predicted molar refractivity (Wildman–Crippen MR) is 56.2 cm³/mol. The molecule has 1 N–H and O–H groups in total. The van der Waals surface area contributed by atoms with Crippen LogP contribution in [0.2, 0.25) is 0 Å². The number of non-ortho nitro benzene ring substituents is 1. The Morgan fingerprint density at radius 2 is 2.19 bits per heavy atom. The minimum absolute atomic E-state index is 0.0799. The Kier molecular flexibility index (Phi) is 2.32. The lowest BCUT2D eigenvalue weighted by molar-refractivity contribution is -0.383. The number of aliphatic carboxylic acids is 1. The van der Waals surface area contributed by atoms with Gasteiger partial charge in [0, 0.05) is 17.6 Å². The largest absolute Gasteiger partial charge is 0.480 e. The normalized spacial score (nSPS) is 10.5. The summed E-state index contributed by atoms with van der Waals surface area (Å²) in [4.78, 5) is 20.9. The topological polar surface area (TPSA) is 85.4 Å². The van der Waals surface area contributed by atoms with E-state index in [1.165, 1.54) is 16.8 Å². The highest BCUT2D eigenvalue weighted by Crippen LogP contribution is 2.26. The molecular weight excluding hydrogens is 212 g/mol. The lowest BCUT2D eigenvalue weighted by atomic mass is 10.2. The number of carbonyl (C=O) groups is 1. The zero-order valence-electron chi connectivity index (χ0n) is 8.16. The van der Waals surface area contributed by atoms with Crippen molar-refractivity contribution in [2.45, 2.75) is 6.54 Å². The molecule has 1 heterocycles. The fourth-order valence-corrected chi connectivity index (χ4v) is 1.67. The highest BCUT2D eigenvalue weighted by Gasteiger charge is 2.16. The molecule has 6 heteroatoms. The average molecular weight is 220 g/mol. The summed E-state index contributed by atoms with van der Waals surface area (Å²) >= 11 is 0. The van der Waals surface area contributed by atoms with Gasteiger partial charge < -0.3 is 9.67 Å². The van der Waals surface area contributed by atoms with Crippen molar-refractivity contribution in [3.63, 3.8) is 0 Å². The predicted octanol–water partition coefficient (Wildman–Crippen LogP) is 1.63. The molecule has 0 fully saturated rings. The van der Waals surface area contributed by atoms with Gasteiger partial charge in [0.05, 0.1) is 4.92 Å². The van der Waals surface area contributed by atoms with Crippen LogP contribution >= 0.6 is 0 Å². The van der Waals surface area contributed by atoms with Crippen molar-refractivity contribution in [3.05, 3.63) is 40.6 Å². The molecule has 0 aliphatic rings. The number of para-hydroxylation sites is 1. The van der Waals surface area contributed by atoms with E-state index in [-0.39, 0.29) is 12.2 Å². The van der Waals surface area contributed by atoms with Gasteiger partial charge in [-0.15, -0.1) is 0 Å². The third kappa shape index (κ3) is 1.60. The van der Waals surface area contributed by atoms with E-state index in [0.29, 0.717) is 10.9 Å². The summed E-state index contributed by atoms with van der Waals surface area (Å²) in [6, 6.07) is 6.30. The molecule has 1 aromatic heterocycles. The molecule has 0 saturated carbocycles. The van der Waals surface area contributed by atoms with Gasteiger partial charge in [-0.3, -0.25) is 14.9 Å². The summed E-state index contributed by atoms with van der Waals surface area (Å²) in [5.41, 5.74) is 0.263. The maximum absolute atomic E-state index is 10.8. The molecule has 0 aliphatic heterocycles. The summed E-state index contributed by atoms with van der Waals surface area (Å²) in [5.74, 6) is -1.03. The average Bonchev–Trinajstić information content (AvgIpc) is 2.60. The first kappa shape index (κ1) is 10.2. The van der Waals surface area contributed by atoms with E-state index in [9.17, 15) is 14.9 Å². The molecule has 0 atom stereocenters. The second kappa shape index (κ2) is 3.65.